The lowest BCUT2D eigenvalue weighted by Gasteiger charge is -2.58. The Labute approximate surface area is 200 Å². The number of rotatable bonds is 1. The smallest absolute Gasteiger partial charge is 0.334 e. The summed E-state index contributed by atoms with van der Waals surface area (Å²) in [4.78, 5) is 39.4. The number of aliphatic hydroxyl groups is 1. The lowest BCUT2D eigenvalue weighted by Crippen LogP contribution is -2.64. The number of ether oxygens (including phenoxy) is 2. The molecule has 34 heavy (non-hydrogen) atoms. The second-order valence-corrected chi connectivity index (χ2v) is 12.0. The van der Waals surface area contributed by atoms with Crippen LogP contribution in [0.3, 0.4) is 0 Å². The van der Waals surface area contributed by atoms with Crippen molar-refractivity contribution in [3.63, 3.8) is 0 Å². The van der Waals surface area contributed by atoms with E-state index < -0.39 is 28.1 Å². The van der Waals surface area contributed by atoms with Crippen LogP contribution in [-0.4, -0.2) is 40.1 Å². The number of hydrogen-bond donors (Lipinski definition) is 1. The van der Waals surface area contributed by atoms with Gasteiger partial charge in [0.1, 0.15) is 11.5 Å². The Morgan fingerprint density at radius 2 is 1.82 bits per heavy atom. The molecular formula is C28H34O6. The van der Waals surface area contributed by atoms with Crippen molar-refractivity contribution in [3.8, 4) is 0 Å². The Morgan fingerprint density at radius 3 is 2.56 bits per heavy atom. The summed E-state index contributed by atoms with van der Waals surface area (Å²) in [6.45, 7) is 7.62. The zero-order chi connectivity index (χ0) is 24.3. The number of allylic oxidation sites excluding steroid dienone is 4. The molecule has 182 valence electrons. The zero-order valence-electron chi connectivity index (χ0n) is 20.5. The normalized spacial score (nSPS) is 49.6. The molecule has 8 atom stereocenters. The summed E-state index contributed by atoms with van der Waals surface area (Å²) in [5.74, 6) is -1.01. The van der Waals surface area contributed by atoms with Gasteiger partial charge in [0, 0.05) is 17.9 Å². The molecule has 1 saturated heterocycles. The van der Waals surface area contributed by atoms with Gasteiger partial charge in [0.2, 0.25) is 0 Å². The van der Waals surface area contributed by atoms with Gasteiger partial charge in [-0.25, -0.2) is 4.79 Å². The van der Waals surface area contributed by atoms with Crippen molar-refractivity contribution in [1.82, 2.24) is 0 Å². The molecule has 0 aromatic carbocycles. The molecule has 4 aliphatic carbocycles. The van der Waals surface area contributed by atoms with E-state index in [4.69, 9.17) is 9.47 Å². The van der Waals surface area contributed by atoms with Crippen LogP contribution in [0.1, 0.15) is 72.6 Å². The van der Waals surface area contributed by atoms with Crippen molar-refractivity contribution in [1.29, 1.82) is 0 Å². The Balaban J connectivity index is 1.40. The molecule has 0 aromatic rings. The molecule has 6 heteroatoms. The van der Waals surface area contributed by atoms with Crippen LogP contribution in [-0.2, 0) is 23.9 Å². The van der Waals surface area contributed by atoms with E-state index >= 15 is 0 Å². The third-order valence-electron chi connectivity index (χ3n) is 11.0. The summed E-state index contributed by atoms with van der Waals surface area (Å²) in [7, 11) is 0. The van der Waals surface area contributed by atoms with E-state index in [0.717, 1.165) is 17.6 Å². The fourth-order valence-corrected chi connectivity index (χ4v) is 8.86. The predicted octanol–water partition coefficient (Wildman–Crippen LogP) is 3.97. The lowest BCUT2D eigenvalue weighted by atomic mass is 9.45. The van der Waals surface area contributed by atoms with E-state index in [-0.39, 0.29) is 35.5 Å². The molecule has 0 radical (unpaired) electrons. The van der Waals surface area contributed by atoms with E-state index in [9.17, 15) is 19.5 Å². The van der Waals surface area contributed by atoms with Crippen LogP contribution in [0, 0.1) is 28.6 Å². The van der Waals surface area contributed by atoms with Gasteiger partial charge in [-0.3, -0.25) is 9.59 Å². The van der Waals surface area contributed by atoms with E-state index in [1.165, 1.54) is 0 Å². The highest BCUT2D eigenvalue weighted by Crippen LogP contribution is 2.72. The minimum Gasteiger partial charge on any atom is -0.455 e. The van der Waals surface area contributed by atoms with Gasteiger partial charge in [0.05, 0.1) is 11.0 Å². The molecular weight excluding hydrogens is 432 g/mol. The summed E-state index contributed by atoms with van der Waals surface area (Å²) in [5.41, 5.74) is -1.12. The molecule has 2 aliphatic heterocycles. The van der Waals surface area contributed by atoms with Crippen molar-refractivity contribution in [2.75, 3.05) is 0 Å². The molecule has 2 saturated carbocycles. The number of hydrogen-bond acceptors (Lipinski definition) is 6. The van der Waals surface area contributed by atoms with Gasteiger partial charge in [0.25, 0.3) is 0 Å². The highest BCUT2D eigenvalue weighted by molar-refractivity contribution is 5.99. The first kappa shape index (κ1) is 22.3. The molecule has 6 rings (SSSR count). The van der Waals surface area contributed by atoms with Crippen LogP contribution >= 0.6 is 0 Å². The fraction of sp³-hybridized carbons (Fsp3) is 0.679. The van der Waals surface area contributed by atoms with E-state index in [1.807, 2.05) is 26.8 Å². The third-order valence-corrected chi connectivity index (χ3v) is 11.0. The highest BCUT2D eigenvalue weighted by atomic mass is 16.6. The van der Waals surface area contributed by atoms with E-state index in [1.54, 1.807) is 13.0 Å². The lowest BCUT2D eigenvalue weighted by molar-refractivity contribution is -0.193. The Kier molecular flexibility index (Phi) is 4.40. The molecule has 8 unspecified atom stereocenters. The van der Waals surface area contributed by atoms with Crippen molar-refractivity contribution in [3.05, 3.63) is 34.9 Å². The average molecular weight is 467 g/mol. The molecule has 0 bridgehead atoms. The SMILES string of the molecule is CC1=C(C)C(=O)OC(C2(C)OC(=O)C34CCC5C(CC=C6CC=CC(=O)C65C)C3(O)CCC24)C1. The van der Waals surface area contributed by atoms with Gasteiger partial charge < -0.3 is 14.6 Å². The van der Waals surface area contributed by atoms with E-state index in [2.05, 4.69) is 6.08 Å². The van der Waals surface area contributed by atoms with Crippen LogP contribution in [0.4, 0.5) is 0 Å². The van der Waals surface area contributed by atoms with Crippen molar-refractivity contribution in [2.45, 2.75) is 89.9 Å². The number of fused-ring (bicyclic) bond motifs is 4. The Morgan fingerprint density at radius 1 is 1.06 bits per heavy atom. The minimum absolute atomic E-state index is 0.000633. The molecule has 1 spiro atoms. The number of carbonyl (C=O) groups is 3. The van der Waals surface area contributed by atoms with Crippen LogP contribution in [0.25, 0.3) is 0 Å². The number of esters is 2. The molecule has 6 aliphatic rings. The number of cyclic esters (lactones) is 2. The summed E-state index contributed by atoms with van der Waals surface area (Å²) in [6.07, 6.45) is 9.53. The van der Waals surface area contributed by atoms with Crippen LogP contribution in [0.5, 0.6) is 0 Å². The van der Waals surface area contributed by atoms with Crippen LogP contribution in [0.2, 0.25) is 0 Å². The maximum atomic E-state index is 13.8. The molecule has 1 N–H and O–H groups in total. The highest BCUT2D eigenvalue weighted by Gasteiger charge is 2.79. The zero-order valence-corrected chi connectivity index (χ0v) is 20.5. The first-order valence-corrected chi connectivity index (χ1v) is 12.7. The largest absolute Gasteiger partial charge is 0.455 e. The Bertz CT molecular complexity index is 1110. The summed E-state index contributed by atoms with van der Waals surface area (Å²) in [5, 5.41) is 12.4. The van der Waals surface area contributed by atoms with Crippen LogP contribution in [0.15, 0.2) is 34.9 Å². The van der Waals surface area contributed by atoms with Gasteiger partial charge >= 0.3 is 11.9 Å². The summed E-state index contributed by atoms with van der Waals surface area (Å²) >= 11 is 0. The predicted molar refractivity (Wildman–Crippen MR) is 123 cm³/mol. The summed E-state index contributed by atoms with van der Waals surface area (Å²) in [6, 6.07) is 0. The van der Waals surface area contributed by atoms with Gasteiger partial charge in [-0.15, -0.1) is 0 Å². The maximum absolute atomic E-state index is 13.8. The third kappa shape index (κ3) is 2.34. The molecule has 2 heterocycles. The van der Waals surface area contributed by atoms with Crippen molar-refractivity contribution < 1.29 is 29.0 Å². The van der Waals surface area contributed by atoms with Gasteiger partial charge in [0.15, 0.2) is 11.4 Å². The van der Waals surface area contributed by atoms with E-state index in [0.29, 0.717) is 44.1 Å². The second-order valence-electron chi connectivity index (χ2n) is 12.0. The maximum Gasteiger partial charge on any atom is 0.334 e. The molecule has 0 amide bonds. The number of carbonyl (C=O) groups excluding carboxylic acids is 3. The molecule has 0 aromatic heterocycles. The molecule has 6 nitrogen and oxygen atoms in total. The first-order valence-electron chi connectivity index (χ1n) is 12.7. The minimum atomic E-state index is -1.23. The van der Waals surface area contributed by atoms with Crippen molar-refractivity contribution >= 4 is 17.7 Å². The van der Waals surface area contributed by atoms with Crippen molar-refractivity contribution in [2.24, 2.45) is 28.6 Å². The monoisotopic (exact) mass is 466 g/mol. The van der Waals surface area contributed by atoms with Gasteiger partial charge in [-0.05, 0) is 84.1 Å². The fourth-order valence-electron chi connectivity index (χ4n) is 8.86. The number of ketones is 1. The topological polar surface area (TPSA) is 89.9 Å². The van der Waals surface area contributed by atoms with Gasteiger partial charge in [-0.2, -0.15) is 0 Å². The van der Waals surface area contributed by atoms with Gasteiger partial charge in [-0.1, -0.05) is 23.3 Å². The standard InChI is InChI=1S/C28H34O6/c1-15-14-22(33-23(30)16(15)2)26(4)20-11-13-28(32)19-9-8-17-6-5-7-21(29)25(17,3)18(19)10-12-27(20,28)24(31)34-26/h5,7-8,18-20,22,32H,6,9-14H2,1-4H3. The molecule has 3 fully saturated rings. The Hall–Kier alpha value is -2.21. The second kappa shape index (κ2) is 6.71. The quantitative estimate of drug-likeness (QED) is 0.465. The average Bonchev–Trinajstić information content (AvgIpc) is 3.23. The van der Waals surface area contributed by atoms with Crippen LogP contribution < -0.4 is 0 Å². The first-order chi connectivity index (χ1) is 16.0. The summed E-state index contributed by atoms with van der Waals surface area (Å²) < 4.78 is 12.0.